The summed E-state index contributed by atoms with van der Waals surface area (Å²) in [5.74, 6) is 0.659. The molecule has 0 aliphatic carbocycles. The molecule has 0 fully saturated rings. The Morgan fingerprint density at radius 1 is 1.30 bits per heavy atom. The maximum atomic E-state index is 5.60. The standard InChI is InChI=1S/C7H10N2S/c8-6-2-1-5(4-10)7(9)3-6/h1-3,10H,4,8-9H2. The number of hydrogen-bond acceptors (Lipinski definition) is 3. The van der Waals surface area contributed by atoms with Crippen molar-refractivity contribution in [2.45, 2.75) is 5.75 Å². The highest BCUT2D eigenvalue weighted by atomic mass is 32.1. The molecular formula is C7H10N2S. The number of rotatable bonds is 1. The van der Waals surface area contributed by atoms with Gasteiger partial charge in [0.05, 0.1) is 0 Å². The van der Waals surface area contributed by atoms with Gasteiger partial charge in [0.2, 0.25) is 0 Å². The highest BCUT2D eigenvalue weighted by molar-refractivity contribution is 7.79. The monoisotopic (exact) mass is 154 g/mol. The number of anilines is 2. The summed E-state index contributed by atoms with van der Waals surface area (Å²) in [7, 11) is 0. The zero-order chi connectivity index (χ0) is 7.56. The lowest BCUT2D eigenvalue weighted by molar-refractivity contribution is 1.43. The van der Waals surface area contributed by atoms with Crippen molar-refractivity contribution in [1.82, 2.24) is 0 Å². The Balaban J connectivity index is 3.07. The smallest absolute Gasteiger partial charge is 0.0375 e. The molecule has 0 aliphatic heterocycles. The zero-order valence-electron chi connectivity index (χ0n) is 5.54. The Kier molecular flexibility index (Phi) is 2.06. The van der Waals surface area contributed by atoms with Crippen LogP contribution in [0.3, 0.4) is 0 Å². The van der Waals surface area contributed by atoms with Crippen LogP contribution in [-0.4, -0.2) is 0 Å². The van der Waals surface area contributed by atoms with Crippen LogP contribution >= 0.6 is 12.6 Å². The molecule has 10 heavy (non-hydrogen) atoms. The molecule has 0 amide bonds. The largest absolute Gasteiger partial charge is 0.399 e. The molecule has 0 spiro atoms. The average molecular weight is 154 g/mol. The van der Waals surface area contributed by atoms with Gasteiger partial charge in [-0.3, -0.25) is 0 Å². The van der Waals surface area contributed by atoms with Crippen LogP contribution in [0.2, 0.25) is 0 Å². The van der Waals surface area contributed by atoms with Crippen molar-refractivity contribution in [2.24, 2.45) is 0 Å². The van der Waals surface area contributed by atoms with E-state index in [1.165, 1.54) is 0 Å². The van der Waals surface area contributed by atoms with Crippen molar-refractivity contribution >= 4 is 24.0 Å². The van der Waals surface area contributed by atoms with Gasteiger partial charge in [0.25, 0.3) is 0 Å². The molecule has 0 radical (unpaired) electrons. The van der Waals surface area contributed by atoms with E-state index < -0.39 is 0 Å². The Labute approximate surface area is 65.6 Å². The number of nitrogen functional groups attached to an aromatic ring is 2. The Morgan fingerprint density at radius 3 is 2.50 bits per heavy atom. The fourth-order valence-electron chi connectivity index (χ4n) is 0.757. The molecule has 1 rings (SSSR count). The van der Waals surface area contributed by atoms with Crippen LogP contribution < -0.4 is 11.5 Å². The number of nitrogens with two attached hydrogens (primary N) is 2. The van der Waals surface area contributed by atoms with Gasteiger partial charge in [-0.05, 0) is 17.7 Å². The lowest BCUT2D eigenvalue weighted by Gasteiger charge is -2.01. The molecule has 0 saturated carbocycles. The maximum Gasteiger partial charge on any atom is 0.0375 e. The van der Waals surface area contributed by atoms with Gasteiger partial charge in [-0.15, -0.1) is 0 Å². The second-order valence-electron chi connectivity index (χ2n) is 2.12. The molecule has 0 unspecified atom stereocenters. The molecule has 0 saturated heterocycles. The van der Waals surface area contributed by atoms with Crippen LogP contribution in [0, 0.1) is 0 Å². The van der Waals surface area contributed by atoms with Crippen LogP contribution in [0.1, 0.15) is 5.56 Å². The Morgan fingerprint density at radius 2 is 2.00 bits per heavy atom. The molecule has 4 N–H and O–H groups in total. The summed E-state index contributed by atoms with van der Waals surface area (Å²) in [4.78, 5) is 0. The lowest BCUT2D eigenvalue weighted by atomic mass is 10.2. The van der Waals surface area contributed by atoms with Crippen LogP contribution in [0.25, 0.3) is 0 Å². The first kappa shape index (κ1) is 7.28. The van der Waals surface area contributed by atoms with Gasteiger partial charge >= 0.3 is 0 Å². The molecule has 0 aliphatic rings. The van der Waals surface area contributed by atoms with Gasteiger partial charge < -0.3 is 11.5 Å². The third-order valence-electron chi connectivity index (χ3n) is 1.34. The van der Waals surface area contributed by atoms with E-state index in [4.69, 9.17) is 11.5 Å². The summed E-state index contributed by atoms with van der Waals surface area (Å²) in [6.07, 6.45) is 0. The minimum Gasteiger partial charge on any atom is -0.399 e. The summed E-state index contributed by atoms with van der Waals surface area (Å²) in [5, 5.41) is 0. The van der Waals surface area contributed by atoms with Gasteiger partial charge in [-0.1, -0.05) is 6.07 Å². The minimum absolute atomic E-state index is 0.659. The highest BCUT2D eigenvalue weighted by Gasteiger charge is 1.94. The van der Waals surface area contributed by atoms with Gasteiger partial charge in [0, 0.05) is 17.1 Å². The first-order valence-electron chi connectivity index (χ1n) is 2.99. The summed E-state index contributed by atoms with van der Waals surface area (Å²) in [5.41, 5.74) is 13.5. The van der Waals surface area contributed by atoms with E-state index in [1.54, 1.807) is 6.07 Å². The number of hydrogen-bond donors (Lipinski definition) is 3. The van der Waals surface area contributed by atoms with E-state index in [1.807, 2.05) is 12.1 Å². The van der Waals surface area contributed by atoms with Crippen molar-refractivity contribution in [1.29, 1.82) is 0 Å². The summed E-state index contributed by atoms with van der Waals surface area (Å²) in [6, 6.07) is 5.45. The van der Waals surface area contributed by atoms with Crippen molar-refractivity contribution in [3.05, 3.63) is 23.8 Å². The number of thiol groups is 1. The summed E-state index contributed by atoms with van der Waals surface area (Å²) in [6.45, 7) is 0. The molecule has 3 heteroatoms. The molecule has 0 atom stereocenters. The topological polar surface area (TPSA) is 52.0 Å². The van der Waals surface area contributed by atoms with E-state index in [0.717, 1.165) is 11.3 Å². The highest BCUT2D eigenvalue weighted by Crippen LogP contribution is 2.16. The summed E-state index contributed by atoms with van der Waals surface area (Å²) >= 11 is 4.09. The van der Waals surface area contributed by atoms with Crippen molar-refractivity contribution in [2.75, 3.05) is 11.5 Å². The average Bonchev–Trinajstić information content (AvgIpc) is 1.88. The normalized spacial score (nSPS) is 9.70. The second-order valence-corrected chi connectivity index (χ2v) is 2.43. The molecule has 0 aromatic heterocycles. The molecule has 0 heterocycles. The van der Waals surface area contributed by atoms with Crippen molar-refractivity contribution < 1.29 is 0 Å². The molecule has 54 valence electrons. The quantitative estimate of drug-likeness (QED) is 0.421. The molecule has 1 aromatic carbocycles. The first-order chi connectivity index (χ1) is 4.74. The first-order valence-corrected chi connectivity index (χ1v) is 3.62. The second kappa shape index (κ2) is 2.84. The Hall–Kier alpha value is -0.830. The van der Waals surface area contributed by atoms with Crippen molar-refractivity contribution in [3.63, 3.8) is 0 Å². The maximum absolute atomic E-state index is 5.60. The van der Waals surface area contributed by atoms with Crippen LogP contribution in [0.15, 0.2) is 18.2 Å². The Bertz CT molecular complexity index is 235. The van der Waals surface area contributed by atoms with Crippen LogP contribution in [-0.2, 0) is 5.75 Å². The SMILES string of the molecule is Nc1ccc(CS)c(N)c1. The van der Waals surface area contributed by atoms with Gasteiger partial charge in [0.1, 0.15) is 0 Å². The van der Waals surface area contributed by atoms with E-state index in [9.17, 15) is 0 Å². The minimum atomic E-state index is 0.659. The predicted molar refractivity (Wildman–Crippen MR) is 48.0 cm³/mol. The van der Waals surface area contributed by atoms with Crippen LogP contribution in [0.5, 0.6) is 0 Å². The fraction of sp³-hybridized carbons (Fsp3) is 0.143. The van der Waals surface area contributed by atoms with Gasteiger partial charge in [-0.25, -0.2) is 0 Å². The lowest BCUT2D eigenvalue weighted by Crippen LogP contribution is -1.93. The molecule has 0 bridgehead atoms. The molecule has 1 aromatic rings. The third-order valence-corrected chi connectivity index (χ3v) is 1.68. The third kappa shape index (κ3) is 1.36. The molecular weight excluding hydrogens is 144 g/mol. The molecule has 2 nitrogen and oxygen atoms in total. The zero-order valence-corrected chi connectivity index (χ0v) is 6.44. The van der Waals surface area contributed by atoms with E-state index >= 15 is 0 Å². The summed E-state index contributed by atoms with van der Waals surface area (Å²) < 4.78 is 0. The number of benzene rings is 1. The van der Waals surface area contributed by atoms with Crippen molar-refractivity contribution in [3.8, 4) is 0 Å². The van der Waals surface area contributed by atoms with E-state index in [2.05, 4.69) is 12.6 Å². The van der Waals surface area contributed by atoms with E-state index in [-0.39, 0.29) is 0 Å². The van der Waals surface area contributed by atoms with Gasteiger partial charge in [-0.2, -0.15) is 12.6 Å². The van der Waals surface area contributed by atoms with Gasteiger partial charge in [0.15, 0.2) is 0 Å². The van der Waals surface area contributed by atoms with Crippen LogP contribution in [0.4, 0.5) is 11.4 Å². The van der Waals surface area contributed by atoms with E-state index in [0.29, 0.717) is 11.4 Å². The fourth-order valence-corrected chi connectivity index (χ4v) is 1.05. The predicted octanol–water partition coefficient (Wildman–Crippen LogP) is 1.28.